The van der Waals surface area contributed by atoms with Crippen LogP contribution in [-0.2, 0) is 10.0 Å². The van der Waals surface area contributed by atoms with E-state index in [1.54, 1.807) is 13.0 Å². The first-order chi connectivity index (χ1) is 9.44. The van der Waals surface area contributed by atoms with Crippen molar-refractivity contribution in [1.82, 2.24) is 10.0 Å². The van der Waals surface area contributed by atoms with Gasteiger partial charge in [-0.15, -0.1) is 12.4 Å². The largest absolute Gasteiger partial charge is 0.315 e. The molecule has 0 radical (unpaired) electrons. The zero-order valence-corrected chi connectivity index (χ0v) is 13.7. The van der Waals surface area contributed by atoms with Crippen molar-refractivity contribution in [2.75, 3.05) is 13.1 Å². The molecule has 0 aliphatic carbocycles. The number of hydrogen-bond acceptors (Lipinski definition) is 4. The van der Waals surface area contributed by atoms with Crippen molar-refractivity contribution in [3.05, 3.63) is 29.3 Å². The van der Waals surface area contributed by atoms with E-state index in [2.05, 4.69) is 17.0 Å². The molecule has 0 aromatic heterocycles. The Morgan fingerprint density at radius 1 is 1.43 bits per heavy atom. The van der Waals surface area contributed by atoms with E-state index < -0.39 is 10.0 Å². The Hall–Kier alpha value is -1.13. The van der Waals surface area contributed by atoms with Gasteiger partial charge in [0.1, 0.15) is 0 Å². The predicted molar refractivity (Wildman–Crippen MR) is 83.9 cm³/mol. The second kappa shape index (κ2) is 7.23. The number of piperidine rings is 1. The average molecular weight is 330 g/mol. The Bertz CT molecular complexity index is 640. The fraction of sp³-hybridized carbons (Fsp3) is 0.500. The normalized spacial score (nSPS) is 22.1. The van der Waals surface area contributed by atoms with Gasteiger partial charge in [-0.3, -0.25) is 0 Å². The van der Waals surface area contributed by atoms with Crippen LogP contribution in [-0.4, -0.2) is 27.5 Å². The van der Waals surface area contributed by atoms with Gasteiger partial charge < -0.3 is 5.32 Å². The highest BCUT2D eigenvalue weighted by Gasteiger charge is 2.27. The van der Waals surface area contributed by atoms with Gasteiger partial charge in [-0.1, -0.05) is 6.92 Å². The molecule has 1 fully saturated rings. The fourth-order valence-electron chi connectivity index (χ4n) is 2.43. The number of nitrogens with zero attached hydrogens (tertiary/aromatic N) is 1. The average Bonchev–Trinajstić information content (AvgIpc) is 2.40. The molecule has 7 heteroatoms. The van der Waals surface area contributed by atoms with Crippen LogP contribution in [0.2, 0.25) is 0 Å². The van der Waals surface area contributed by atoms with Gasteiger partial charge in [-0.2, -0.15) is 5.26 Å². The predicted octanol–water partition coefficient (Wildman–Crippen LogP) is 1.56. The van der Waals surface area contributed by atoms with Crippen molar-refractivity contribution in [2.45, 2.75) is 31.2 Å². The van der Waals surface area contributed by atoms with Crippen molar-refractivity contribution in [2.24, 2.45) is 5.92 Å². The maximum atomic E-state index is 12.4. The summed E-state index contributed by atoms with van der Waals surface area (Å²) in [6.45, 7) is 5.34. The van der Waals surface area contributed by atoms with Gasteiger partial charge >= 0.3 is 0 Å². The molecule has 2 N–H and O–H groups in total. The van der Waals surface area contributed by atoms with Crippen molar-refractivity contribution in [1.29, 1.82) is 5.26 Å². The highest BCUT2D eigenvalue weighted by molar-refractivity contribution is 7.89. The number of aryl methyl sites for hydroxylation is 1. The maximum absolute atomic E-state index is 12.4. The second-order valence-electron chi connectivity index (χ2n) is 5.29. The lowest BCUT2D eigenvalue weighted by Crippen LogP contribution is -2.50. The molecule has 1 saturated heterocycles. The quantitative estimate of drug-likeness (QED) is 0.881. The smallest absolute Gasteiger partial charge is 0.241 e. The topological polar surface area (TPSA) is 82.0 Å². The van der Waals surface area contributed by atoms with Gasteiger partial charge in [0.15, 0.2) is 0 Å². The summed E-state index contributed by atoms with van der Waals surface area (Å²) in [6, 6.07) is 6.54. The third-order valence-electron chi connectivity index (χ3n) is 3.73. The number of nitrogens with one attached hydrogen (secondary N) is 2. The van der Waals surface area contributed by atoms with E-state index in [-0.39, 0.29) is 23.3 Å². The first-order valence-corrected chi connectivity index (χ1v) is 8.16. The van der Waals surface area contributed by atoms with Crippen LogP contribution in [0, 0.1) is 24.2 Å². The summed E-state index contributed by atoms with van der Waals surface area (Å²) >= 11 is 0. The lowest BCUT2D eigenvalue weighted by atomic mass is 9.96. The highest BCUT2D eigenvalue weighted by atomic mass is 35.5. The number of rotatable bonds is 3. The molecule has 0 bridgehead atoms. The Morgan fingerprint density at radius 3 is 2.71 bits per heavy atom. The Labute approximate surface area is 132 Å². The maximum Gasteiger partial charge on any atom is 0.241 e. The number of halogens is 1. The summed E-state index contributed by atoms with van der Waals surface area (Å²) in [6.07, 6.45) is 0.958. The monoisotopic (exact) mass is 329 g/mol. The molecule has 1 aromatic carbocycles. The molecule has 1 heterocycles. The summed E-state index contributed by atoms with van der Waals surface area (Å²) < 4.78 is 27.7. The van der Waals surface area contributed by atoms with Gasteiger partial charge in [0.2, 0.25) is 10.0 Å². The molecule has 1 aromatic rings. The van der Waals surface area contributed by atoms with E-state index >= 15 is 0 Å². The van der Waals surface area contributed by atoms with E-state index in [1.165, 1.54) is 12.1 Å². The zero-order valence-electron chi connectivity index (χ0n) is 12.1. The van der Waals surface area contributed by atoms with Gasteiger partial charge in [-0.25, -0.2) is 13.1 Å². The minimum Gasteiger partial charge on any atom is -0.315 e. The Morgan fingerprint density at radius 2 is 2.14 bits per heavy atom. The number of benzene rings is 1. The van der Waals surface area contributed by atoms with E-state index in [0.29, 0.717) is 23.6 Å². The molecule has 1 aliphatic rings. The van der Waals surface area contributed by atoms with Crippen LogP contribution in [0.25, 0.3) is 0 Å². The van der Waals surface area contributed by atoms with Gasteiger partial charge in [-0.05, 0) is 49.6 Å². The van der Waals surface area contributed by atoms with Crippen LogP contribution < -0.4 is 10.0 Å². The highest BCUT2D eigenvalue weighted by Crippen LogP contribution is 2.19. The number of sulfonamides is 1. The molecular formula is C14H20ClN3O2S. The molecule has 1 aliphatic heterocycles. The van der Waals surface area contributed by atoms with Crippen LogP contribution in [0.5, 0.6) is 0 Å². The molecule has 0 spiro atoms. The minimum atomic E-state index is -3.55. The molecule has 2 unspecified atom stereocenters. The van der Waals surface area contributed by atoms with E-state index in [0.717, 1.165) is 13.0 Å². The van der Waals surface area contributed by atoms with Gasteiger partial charge in [0.05, 0.1) is 16.5 Å². The van der Waals surface area contributed by atoms with Crippen molar-refractivity contribution in [3.63, 3.8) is 0 Å². The van der Waals surface area contributed by atoms with Crippen LogP contribution in [0.15, 0.2) is 23.1 Å². The first kappa shape index (κ1) is 17.9. The van der Waals surface area contributed by atoms with Gasteiger partial charge in [0.25, 0.3) is 0 Å². The SMILES string of the molecule is Cc1cc(C#N)ccc1S(=O)(=O)NC1CNCCC1C.Cl. The van der Waals surface area contributed by atoms with Crippen molar-refractivity contribution in [3.8, 4) is 6.07 Å². The molecule has 2 atom stereocenters. The summed E-state index contributed by atoms with van der Waals surface area (Å²) in [5.74, 6) is 0.310. The molecule has 116 valence electrons. The van der Waals surface area contributed by atoms with Crippen LogP contribution in [0.1, 0.15) is 24.5 Å². The molecule has 21 heavy (non-hydrogen) atoms. The summed E-state index contributed by atoms with van der Waals surface area (Å²) in [7, 11) is -3.55. The summed E-state index contributed by atoms with van der Waals surface area (Å²) in [5.41, 5.74) is 1.06. The first-order valence-electron chi connectivity index (χ1n) is 6.68. The third-order valence-corrected chi connectivity index (χ3v) is 5.38. The number of hydrogen-bond donors (Lipinski definition) is 2. The Kier molecular flexibility index (Phi) is 6.17. The van der Waals surface area contributed by atoms with E-state index in [9.17, 15) is 8.42 Å². The minimum absolute atomic E-state index is 0. The standard InChI is InChI=1S/C14H19N3O2S.ClH/c1-10-5-6-16-9-13(10)17-20(18,19)14-4-3-12(8-15)7-11(14)2;/h3-4,7,10,13,16-17H,5-6,9H2,1-2H3;1H. The molecule has 5 nitrogen and oxygen atoms in total. The zero-order chi connectivity index (χ0) is 14.8. The van der Waals surface area contributed by atoms with E-state index in [1.807, 2.05) is 6.07 Å². The lowest BCUT2D eigenvalue weighted by molar-refractivity contribution is 0.327. The lowest BCUT2D eigenvalue weighted by Gasteiger charge is -2.30. The van der Waals surface area contributed by atoms with Crippen molar-refractivity contribution >= 4 is 22.4 Å². The molecule has 0 saturated carbocycles. The number of nitriles is 1. The van der Waals surface area contributed by atoms with Gasteiger partial charge in [0, 0.05) is 12.6 Å². The van der Waals surface area contributed by atoms with Crippen molar-refractivity contribution < 1.29 is 8.42 Å². The third kappa shape index (κ3) is 4.17. The Balaban J connectivity index is 0.00000220. The molecular weight excluding hydrogens is 310 g/mol. The summed E-state index contributed by atoms with van der Waals surface area (Å²) in [4.78, 5) is 0.245. The molecule has 2 rings (SSSR count). The van der Waals surface area contributed by atoms with Crippen LogP contribution in [0.3, 0.4) is 0 Å². The summed E-state index contributed by atoms with van der Waals surface area (Å²) in [5, 5.41) is 12.0. The van der Waals surface area contributed by atoms with Crippen LogP contribution >= 0.6 is 12.4 Å². The van der Waals surface area contributed by atoms with Crippen LogP contribution in [0.4, 0.5) is 0 Å². The molecule has 0 amide bonds. The fourth-order valence-corrected chi connectivity index (χ4v) is 4.00. The van der Waals surface area contributed by atoms with E-state index in [4.69, 9.17) is 5.26 Å². The second-order valence-corrected chi connectivity index (χ2v) is 6.97.